The van der Waals surface area contributed by atoms with Gasteiger partial charge in [0.2, 0.25) is 5.76 Å². The van der Waals surface area contributed by atoms with E-state index in [1.807, 2.05) is 31.2 Å². The van der Waals surface area contributed by atoms with Crippen LogP contribution in [0.5, 0.6) is 0 Å². The maximum atomic E-state index is 13.6. The van der Waals surface area contributed by atoms with E-state index >= 15 is 0 Å². The first-order valence-electron chi connectivity index (χ1n) is 11.4. The minimum absolute atomic E-state index is 0.129. The SMILES string of the molecule is CCc1ccc2oc3c(c(=O)c2c1)C(c1ccc(Cl)cc1)N(CCCN(CC)CC)C3=O. The zero-order valence-electron chi connectivity index (χ0n) is 18.9. The Morgan fingerprint density at radius 3 is 2.41 bits per heavy atom. The highest BCUT2D eigenvalue weighted by atomic mass is 35.5. The zero-order valence-corrected chi connectivity index (χ0v) is 19.6. The lowest BCUT2D eigenvalue weighted by Gasteiger charge is -2.26. The number of amides is 1. The van der Waals surface area contributed by atoms with Crippen molar-refractivity contribution < 1.29 is 9.21 Å². The highest BCUT2D eigenvalue weighted by Gasteiger charge is 2.42. The number of carbonyl (C=O) groups excluding carboxylic acids is 1. The van der Waals surface area contributed by atoms with Gasteiger partial charge in [0, 0.05) is 11.6 Å². The quantitative estimate of drug-likeness (QED) is 0.466. The van der Waals surface area contributed by atoms with Gasteiger partial charge >= 0.3 is 0 Å². The molecule has 4 rings (SSSR count). The number of aryl methyl sites for hydroxylation is 1. The molecule has 2 aromatic carbocycles. The Morgan fingerprint density at radius 2 is 1.75 bits per heavy atom. The predicted octanol–water partition coefficient (Wildman–Crippen LogP) is 5.29. The third-order valence-corrected chi connectivity index (χ3v) is 6.64. The molecule has 0 N–H and O–H groups in total. The summed E-state index contributed by atoms with van der Waals surface area (Å²) in [5.41, 5.74) is 2.69. The van der Waals surface area contributed by atoms with E-state index in [1.165, 1.54) is 0 Å². The number of halogens is 1. The van der Waals surface area contributed by atoms with Gasteiger partial charge in [-0.15, -0.1) is 0 Å². The third kappa shape index (κ3) is 4.07. The zero-order chi connectivity index (χ0) is 22.8. The minimum atomic E-state index is -0.475. The van der Waals surface area contributed by atoms with Crippen LogP contribution in [0.3, 0.4) is 0 Å². The van der Waals surface area contributed by atoms with Gasteiger partial charge in [0.1, 0.15) is 5.58 Å². The van der Waals surface area contributed by atoms with Crippen LogP contribution in [-0.4, -0.2) is 41.9 Å². The number of hydrogen-bond donors (Lipinski definition) is 0. The van der Waals surface area contributed by atoms with E-state index in [2.05, 4.69) is 18.7 Å². The molecule has 0 fully saturated rings. The van der Waals surface area contributed by atoms with Crippen molar-refractivity contribution in [2.45, 2.75) is 39.7 Å². The maximum absolute atomic E-state index is 13.6. The van der Waals surface area contributed by atoms with Gasteiger partial charge in [-0.25, -0.2) is 0 Å². The number of benzene rings is 2. The van der Waals surface area contributed by atoms with E-state index < -0.39 is 6.04 Å². The molecule has 1 amide bonds. The van der Waals surface area contributed by atoms with Gasteiger partial charge < -0.3 is 14.2 Å². The van der Waals surface area contributed by atoms with Crippen molar-refractivity contribution in [1.82, 2.24) is 9.80 Å². The predicted molar refractivity (Wildman–Crippen MR) is 129 cm³/mol. The summed E-state index contributed by atoms with van der Waals surface area (Å²) in [6.45, 7) is 9.69. The van der Waals surface area contributed by atoms with Crippen molar-refractivity contribution in [2.75, 3.05) is 26.2 Å². The normalized spacial score (nSPS) is 15.7. The van der Waals surface area contributed by atoms with Crippen LogP contribution in [0.1, 0.15) is 60.5 Å². The second-order valence-corrected chi connectivity index (χ2v) is 8.63. The summed E-state index contributed by atoms with van der Waals surface area (Å²) in [5.74, 6) is -0.0624. The van der Waals surface area contributed by atoms with Gasteiger partial charge in [0.25, 0.3) is 5.91 Å². The number of rotatable bonds is 8. The first-order valence-corrected chi connectivity index (χ1v) is 11.7. The minimum Gasteiger partial charge on any atom is -0.450 e. The fourth-order valence-electron chi connectivity index (χ4n) is 4.51. The van der Waals surface area contributed by atoms with Gasteiger partial charge in [-0.3, -0.25) is 9.59 Å². The molecule has 32 heavy (non-hydrogen) atoms. The Bertz CT molecular complexity index is 1180. The highest BCUT2D eigenvalue weighted by molar-refractivity contribution is 6.30. The topological polar surface area (TPSA) is 53.8 Å². The fourth-order valence-corrected chi connectivity index (χ4v) is 4.64. The molecule has 1 atom stereocenters. The molecule has 5 nitrogen and oxygen atoms in total. The summed E-state index contributed by atoms with van der Waals surface area (Å²) in [5, 5.41) is 1.14. The Kier molecular flexibility index (Phi) is 6.68. The Labute approximate surface area is 193 Å². The van der Waals surface area contributed by atoms with E-state index in [9.17, 15) is 9.59 Å². The standard InChI is InChI=1S/C26H29ClN2O3/c1-4-17-8-13-21-20(16-17)24(30)22-23(18-9-11-19(27)12-10-18)29(26(31)25(22)32-21)15-7-14-28(5-2)6-3/h8-13,16,23H,4-7,14-15H2,1-3H3. The average molecular weight is 453 g/mol. The van der Waals surface area contributed by atoms with Crippen LogP contribution in [0.25, 0.3) is 11.0 Å². The maximum Gasteiger partial charge on any atom is 0.290 e. The van der Waals surface area contributed by atoms with Crippen molar-refractivity contribution in [3.05, 3.63) is 80.2 Å². The van der Waals surface area contributed by atoms with Crippen molar-refractivity contribution in [3.8, 4) is 0 Å². The van der Waals surface area contributed by atoms with Crippen LogP contribution in [0, 0.1) is 0 Å². The molecule has 0 bridgehead atoms. The summed E-state index contributed by atoms with van der Waals surface area (Å²) in [7, 11) is 0. The highest BCUT2D eigenvalue weighted by Crippen LogP contribution is 2.38. The van der Waals surface area contributed by atoms with Gasteiger partial charge in [0.05, 0.1) is 17.0 Å². The molecule has 6 heteroatoms. The molecule has 0 radical (unpaired) electrons. The van der Waals surface area contributed by atoms with Crippen molar-refractivity contribution in [2.24, 2.45) is 0 Å². The third-order valence-electron chi connectivity index (χ3n) is 6.39. The van der Waals surface area contributed by atoms with Crippen LogP contribution in [0.15, 0.2) is 51.7 Å². The van der Waals surface area contributed by atoms with E-state index in [-0.39, 0.29) is 17.1 Å². The smallest absolute Gasteiger partial charge is 0.290 e. The number of fused-ring (bicyclic) bond motifs is 2. The molecule has 0 saturated carbocycles. The van der Waals surface area contributed by atoms with Crippen LogP contribution in [-0.2, 0) is 6.42 Å². The lowest BCUT2D eigenvalue weighted by Crippen LogP contribution is -2.33. The van der Waals surface area contributed by atoms with Gasteiger partial charge in [-0.05, 0) is 67.9 Å². The Hall–Kier alpha value is -2.63. The van der Waals surface area contributed by atoms with Crippen LogP contribution >= 0.6 is 11.6 Å². The second kappa shape index (κ2) is 9.47. The number of carbonyl (C=O) groups is 1. The second-order valence-electron chi connectivity index (χ2n) is 8.19. The fraction of sp³-hybridized carbons (Fsp3) is 0.385. The Balaban J connectivity index is 1.80. The summed E-state index contributed by atoms with van der Waals surface area (Å²) < 4.78 is 6.04. The monoisotopic (exact) mass is 452 g/mol. The Morgan fingerprint density at radius 1 is 1.03 bits per heavy atom. The van der Waals surface area contributed by atoms with Crippen LogP contribution in [0.4, 0.5) is 0 Å². The molecule has 1 unspecified atom stereocenters. The number of hydrogen-bond acceptors (Lipinski definition) is 4. The van der Waals surface area contributed by atoms with Gasteiger partial charge in [-0.1, -0.05) is 50.6 Å². The summed E-state index contributed by atoms with van der Waals surface area (Å²) in [6, 6.07) is 12.5. The van der Waals surface area contributed by atoms with Gasteiger partial charge in [0.15, 0.2) is 5.43 Å². The van der Waals surface area contributed by atoms with Crippen molar-refractivity contribution >= 4 is 28.5 Å². The molecule has 1 aliphatic rings. The van der Waals surface area contributed by atoms with Gasteiger partial charge in [-0.2, -0.15) is 0 Å². The van der Waals surface area contributed by atoms with Crippen molar-refractivity contribution in [3.63, 3.8) is 0 Å². The lowest BCUT2D eigenvalue weighted by atomic mass is 9.98. The lowest BCUT2D eigenvalue weighted by molar-refractivity contribution is 0.0720. The van der Waals surface area contributed by atoms with E-state index in [0.29, 0.717) is 28.1 Å². The first kappa shape index (κ1) is 22.6. The molecule has 0 aliphatic carbocycles. The van der Waals surface area contributed by atoms with E-state index in [4.69, 9.17) is 16.0 Å². The molecule has 3 aromatic rings. The molecular formula is C26H29ClN2O3. The molecule has 0 saturated heterocycles. The summed E-state index contributed by atoms with van der Waals surface area (Å²) in [4.78, 5) is 31.2. The van der Waals surface area contributed by atoms with Crippen molar-refractivity contribution in [1.29, 1.82) is 0 Å². The largest absolute Gasteiger partial charge is 0.450 e. The molecule has 1 aliphatic heterocycles. The average Bonchev–Trinajstić information content (AvgIpc) is 3.09. The molecule has 1 aromatic heterocycles. The number of nitrogens with zero attached hydrogens (tertiary/aromatic N) is 2. The molecule has 168 valence electrons. The molecule has 2 heterocycles. The van der Waals surface area contributed by atoms with E-state index in [1.54, 1.807) is 23.1 Å². The summed E-state index contributed by atoms with van der Waals surface area (Å²) in [6.07, 6.45) is 1.64. The first-order chi connectivity index (χ1) is 15.5. The summed E-state index contributed by atoms with van der Waals surface area (Å²) >= 11 is 6.11. The van der Waals surface area contributed by atoms with Crippen LogP contribution in [0.2, 0.25) is 5.02 Å². The van der Waals surface area contributed by atoms with Crippen LogP contribution < -0.4 is 5.43 Å². The molecular weight excluding hydrogens is 424 g/mol. The molecule has 0 spiro atoms. The van der Waals surface area contributed by atoms with E-state index in [0.717, 1.165) is 43.6 Å².